The Morgan fingerprint density at radius 1 is 1.11 bits per heavy atom. The number of pyridine rings is 1. The minimum atomic E-state index is -0.603. The molecule has 8 nitrogen and oxygen atoms in total. The molecule has 3 aromatic heterocycles. The van der Waals surface area contributed by atoms with Crippen LogP contribution < -0.4 is 4.74 Å². The maximum atomic E-state index is 12.0. The van der Waals surface area contributed by atoms with Crippen molar-refractivity contribution in [2.24, 2.45) is 0 Å². The van der Waals surface area contributed by atoms with E-state index in [9.17, 15) is 14.9 Å². The highest BCUT2D eigenvalue weighted by atomic mass is 79.9. The van der Waals surface area contributed by atoms with Crippen molar-refractivity contribution in [3.05, 3.63) is 81.5 Å². The van der Waals surface area contributed by atoms with E-state index in [1.54, 1.807) is 47.0 Å². The van der Waals surface area contributed by atoms with E-state index in [2.05, 4.69) is 20.9 Å². The maximum Gasteiger partial charge on any atom is 0.379 e. The van der Waals surface area contributed by atoms with Gasteiger partial charge in [0.25, 0.3) is 5.69 Å². The molecule has 0 amide bonds. The number of carbonyl (C=O) groups excluding carboxylic acids is 1. The van der Waals surface area contributed by atoms with Crippen LogP contribution in [0.3, 0.4) is 0 Å². The third-order valence-electron chi connectivity index (χ3n) is 3.78. The fourth-order valence-electron chi connectivity index (χ4n) is 2.50. The first-order valence-electron chi connectivity index (χ1n) is 7.71. The van der Waals surface area contributed by atoms with Crippen molar-refractivity contribution in [3.8, 4) is 17.0 Å². The Kier molecular flexibility index (Phi) is 4.21. The molecule has 1 aromatic carbocycles. The number of carbonyl (C=O) groups is 1. The molecule has 0 bridgehead atoms. The fraction of sp³-hybridized carbons (Fsp3) is 0. The monoisotopic (exact) mass is 427 g/mol. The minimum absolute atomic E-state index is 0.0155. The van der Waals surface area contributed by atoms with Crippen LogP contribution in [0.1, 0.15) is 10.6 Å². The van der Waals surface area contributed by atoms with Crippen LogP contribution in [-0.2, 0) is 0 Å². The van der Waals surface area contributed by atoms with Gasteiger partial charge in [-0.1, -0.05) is 0 Å². The molecule has 3 heterocycles. The molecule has 0 N–H and O–H groups in total. The topological polar surface area (TPSA) is 99.9 Å². The number of ether oxygens (including phenoxy) is 1. The van der Waals surface area contributed by atoms with E-state index in [-0.39, 0.29) is 11.4 Å². The van der Waals surface area contributed by atoms with Crippen molar-refractivity contribution >= 4 is 33.2 Å². The van der Waals surface area contributed by atoms with E-state index in [1.165, 1.54) is 18.3 Å². The van der Waals surface area contributed by atoms with Crippen LogP contribution in [0.2, 0.25) is 0 Å². The molecular formula is C18H10BrN3O5. The van der Waals surface area contributed by atoms with Crippen molar-refractivity contribution in [1.82, 2.24) is 9.38 Å². The summed E-state index contributed by atoms with van der Waals surface area (Å²) < 4.78 is 12.4. The first kappa shape index (κ1) is 17.0. The number of furan rings is 1. The zero-order chi connectivity index (χ0) is 19.0. The molecule has 0 radical (unpaired) electrons. The standard InChI is InChI=1S/C18H10BrN3O5/c19-16-7-6-15(27-16)18(23)26-13-4-1-11(2-5-13)14-10-21-9-12(22(24)25)3-8-17(21)20-14/h1-10H. The SMILES string of the molecule is O=C(Oc1ccc(-c2cn3cc([N+](=O)[O-])ccc3n2)cc1)c1ccc(Br)o1. The molecule has 4 rings (SSSR count). The quantitative estimate of drug-likeness (QED) is 0.206. The summed E-state index contributed by atoms with van der Waals surface area (Å²) in [6, 6.07) is 12.9. The van der Waals surface area contributed by atoms with Gasteiger partial charge in [-0.3, -0.25) is 14.5 Å². The van der Waals surface area contributed by atoms with Gasteiger partial charge in [-0.25, -0.2) is 9.78 Å². The van der Waals surface area contributed by atoms with Gasteiger partial charge in [-0.15, -0.1) is 0 Å². The number of benzene rings is 1. The second-order valence-corrected chi connectivity index (χ2v) is 6.34. The maximum absolute atomic E-state index is 12.0. The number of fused-ring (bicyclic) bond motifs is 1. The number of imidazole rings is 1. The lowest BCUT2D eigenvalue weighted by Gasteiger charge is -2.03. The van der Waals surface area contributed by atoms with Gasteiger partial charge in [0.05, 0.1) is 16.8 Å². The second kappa shape index (κ2) is 6.69. The highest BCUT2D eigenvalue weighted by molar-refractivity contribution is 9.10. The molecule has 0 aliphatic rings. The lowest BCUT2D eigenvalue weighted by Crippen LogP contribution is -2.06. The highest BCUT2D eigenvalue weighted by Gasteiger charge is 2.14. The summed E-state index contributed by atoms with van der Waals surface area (Å²) in [5.41, 5.74) is 2.00. The van der Waals surface area contributed by atoms with Gasteiger partial charge in [0.2, 0.25) is 5.76 Å². The lowest BCUT2D eigenvalue weighted by molar-refractivity contribution is -0.385. The summed E-state index contributed by atoms with van der Waals surface area (Å²) in [5, 5.41) is 10.9. The molecular weight excluding hydrogens is 418 g/mol. The van der Waals surface area contributed by atoms with Gasteiger partial charge in [-0.05, 0) is 58.4 Å². The number of aromatic nitrogens is 2. The van der Waals surface area contributed by atoms with E-state index in [1.807, 2.05) is 0 Å². The zero-order valence-electron chi connectivity index (χ0n) is 13.5. The zero-order valence-corrected chi connectivity index (χ0v) is 15.1. The van der Waals surface area contributed by atoms with Crippen LogP contribution in [0.4, 0.5) is 5.69 Å². The van der Waals surface area contributed by atoms with E-state index in [0.717, 1.165) is 5.56 Å². The van der Waals surface area contributed by atoms with E-state index >= 15 is 0 Å². The third kappa shape index (κ3) is 3.44. The van der Waals surface area contributed by atoms with Crippen LogP contribution in [0.25, 0.3) is 16.9 Å². The number of esters is 1. The molecule has 0 spiro atoms. The molecule has 0 aliphatic carbocycles. The second-order valence-electron chi connectivity index (χ2n) is 5.55. The van der Waals surface area contributed by atoms with Gasteiger partial charge < -0.3 is 9.15 Å². The largest absolute Gasteiger partial charge is 0.442 e. The number of rotatable bonds is 4. The normalized spacial score (nSPS) is 10.9. The number of hydrogen-bond donors (Lipinski definition) is 0. The van der Waals surface area contributed by atoms with E-state index < -0.39 is 10.9 Å². The summed E-state index contributed by atoms with van der Waals surface area (Å²) in [6.07, 6.45) is 3.10. The van der Waals surface area contributed by atoms with Crippen LogP contribution in [0, 0.1) is 10.1 Å². The van der Waals surface area contributed by atoms with Crippen molar-refractivity contribution in [2.75, 3.05) is 0 Å². The van der Waals surface area contributed by atoms with Crippen molar-refractivity contribution in [2.45, 2.75) is 0 Å². The fourth-order valence-corrected chi connectivity index (χ4v) is 2.81. The summed E-state index contributed by atoms with van der Waals surface area (Å²) in [6.45, 7) is 0. The Labute approximate surface area is 160 Å². The summed E-state index contributed by atoms with van der Waals surface area (Å²) in [4.78, 5) is 26.8. The third-order valence-corrected chi connectivity index (χ3v) is 4.21. The van der Waals surface area contributed by atoms with Crippen molar-refractivity contribution in [1.29, 1.82) is 0 Å². The molecule has 9 heteroatoms. The molecule has 27 heavy (non-hydrogen) atoms. The Hall–Kier alpha value is -3.46. The Bertz CT molecular complexity index is 1160. The van der Waals surface area contributed by atoms with Crippen LogP contribution in [0.5, 0.6) is 5.75 Å². The van der Waals surface area contributed by atoms with Crippen LogP contribution >= 0.6 is 15.9 Å². The minimum Gasteiger partial charge on any atom is -0.442 e. The van der Waals surface area contributed by atoms with Gasteiger partial charge in [0.15, 0.2) is 4.67 Å². The van der Waals surface area contributed by atoms with Crippen molar-refractivity contribution < 1.29 is 18.9 Å². The molecule has 134 valence electrons. The number of nitro groups is 1. The van der Waals surface area contributed by atoms with Crippen LogP contribution in [0.15, 0.2) is 70.0 Å². The summed E-state index contributed by atoms with van der Waals surface area (Å²) in [5.74, 6) is -0.155. The lowest BCUT2D eigenvalue weighted by atomic mass is 10.2. The molecule has 0 unspecified atom stereocenters. The summed E-state index contributed by atoms with van der Waals surface area (Å²) in [7, 11) is 0. The van der Waals surface area contributed by atoms with Gasteiger partial charge in [0.1, 0.15) is 11.4 Å². The van der Waals surface area contributed by atoms with Crippen LogP contribution in [-0.4, -0.2) is 20.3 Å². The number of nitrogens with zero attached hydrogens (tertiary/aromatic N) is 3. The molecule has 4 aromatic rings. The van der Waals surface area contributed by atoms with Gasteiger partial charge >= 0.3 is 5.97 Å². The van der Waals surface area contributed by atoms with Gasteiger partial charge in [-0.2, -0.15) is 0 Å². The Morgan fingerprint density at radius 2 is 1.89 bits per heavy atom. The predicted octanol–water partition coefficient (Wildman–Crippen LogP) is 4.48. The smallest absolute Gasteiger partial charge is 0.379 e. The highest BCUT2D eigenvalue weighted by Crippen LogP contribution is 2.24. The average molecular weight is 428 g/mol. The predicted molar refractivity (Wildman–Crippen MR) is 98.6 cm³/mol. The molecule has 0 saturated heterocycles. The molecule has 0 aliphatic heterocycles. The molecule has 0 atom stereocenters. The summed E-state index contributed by atoms with van der Waals surface area (Å²) >= 11 is 3.13. The Morgan fingerprint density at radius 3 is 2.56 bits per heavy atom. The van der Waals surface area contributed by atoms with E-state index in [4.69, 9.17) is 9.15 Å². The molecule has 0 fully saturated rings. The van der Waals surface area contributed by atoms with Crippen molar-refractivity contribution in [3.63, 3.8) is 0 Å². The van der Waals surface area contributed by atoms with Gasteiger partial charge in [0, 0.05) is 17.8 Å². The first-order chi connectivity index (χ1) is 13.0. The number of halogens is 1. The molecule has 0 saturated carbocycles. The van der Waals surface area contributed by atoms with E-state index in [0.29, 0.717) is 21.8 Å². The Balaban J connectivity index is 1.55. The average Bonchev–Trinajstić information content (AvgIpc) is 3.27. The number of hydrogen-bond acceptors (Lipinski definition) is 6. The first-order valence-corrected chi connectivity index (χ1v) is 8.50.